The number of hydrogen-bond donors (Lipinski definition) is 0. The maximum atomic E-state index is 11.6. The van der Waals surface area contributed by atoms with Crippen LogP contribution in [-0.2, 0) is 9.47 Å². The van der Waals surface area contributed by atoms with Crippen LogP contribution in [0.4, 0.5) is 0 Å². The highest BCUT2D eigenvalue weighted by molar-refractivity contribution is 6.89. The molecule has 0 aliphatic carbocycles. The van der Waals surface area contributed by atoms with E-state index in [1.165, 1.54) is 14.2 Å². The first-order valence-corrected chi connectivity index (χ1v) is 8.86. The average Bonchev–Trinajstić information content (AvgIpc) is 2.35. The summed E-state index contributed by atoms with van der Waals surface area (Å²) in [7, 11) is 0.696. The third-order valence-corrected chi connectivity index (χ3v) is 4.37. The third-order valence-electron chi connectivity index (χ3n) is 2.38. The average molecular weight is 268 g/mol. The molecule has 18 heavy (non-hydrogen) atoms. The fourth-order valence-corrected chi connectivity index (χ4v) is 2.85. The molecule has 0 amide bonds. The number of hydrogen-bond acceptors (Lipinski definition) is 6. The molecule has 7 heteroatoms. The van der Waals surface area contributed by atoms with E-state index in [4.69, 9.17) is 0 Å². The second-order valence-electron chi connectivity index (χ2n) is 4.73. The Bertz CT molecular complexity index is 482. The molecular formula is C11H16N2O4Si. The van der Waals surface area contributed by atoms with Gasteiger partial charge in [0.2, 0.25) is 0 Å². The van der Waals surface area contributed by atoms with E-state index in [2.05, 4.69) is 19.7 Å². The van der Waals surface area contributed by atoms with Crippen molar-refractivity contribution in [3.05, 3.63) is 17.5 Å². The first-order valence-electron chi connectivity index (χ1n) is 5.36. The van der Waals surface area contributed by atoms with Gasteiger partial charge >= 0.3 is 11.9 Å². The molecule has 0 fully saturated rings. The normalized spacial score (nSPS) is 10.9. The maximum Gasteiger partial charge on any atom is 0.358 e. The molecule has 0 saturated heterocycles. The Hall–Kier alpha value is -1.76. The number of nitrogens with zero attached hydrogens (tertiary/aromatic N) is 2. The van der Waals surface area contributed by atoms with Gasteiger partial charge in [0.1, 0.15) is 0 Å². The molecule has 1 rings (SSSR count). The van der Waals surface area contributed by atoms with Crippen LogP contribution in [-0.4, -0.2) is 44.4 Å². The van der Waals surface area contributed by atoms with Gasteiger partial charge in [0.25, 0.3) is 0 Å². The van der Waals surface area contributed by atoms with E-state index in [0.29, 0.717) is 0 Å². The lowest BCUT2D eigenvalue weighted by Crippen LogP contribution is -2.43. The lowest BCUT2D eigenvalue weighted by atomic mass is 10.3. The summed E-state index contributed by atoms with van der Waals surface area (Å²) in [5.74, 6) is -1.12. The van der Waals surface area contributed by atoms with Crippen molar-refractivity contribution in [2.45, 2.75) is 19.6 Å². The molecule has 0 spiro atoms. The van der Waals surface area contributed by atoms with Crippen molar-refractivity contribution in [3.8, 4) is 0 Å². The van der Waals surface area contributed by atoms with Gasteiger partial charge in [0.05, 0.1) is 22.3 Å². The molecule has 0 aliphatic heterocycles. The van der Waals surface area contributed by atoms with Crippen LogP contribution in [0.3, 0.4) is 0 Å². The van der Waals surface area contributed by atoms with E-state index >= 15 is 0 Å². The van der Waals surface area contributed by atoms with Gasteiger partial charge in [0, 0.05) is 0 Å². The van der Waals surface area contributed by atoms with Crippen molar-refractivity contribution in [2.24, 2.45) is 0 Å². The molecule has 0 aromatic carbocycles. The van der Waals surface area contributed by atoms with Gasteiger partial charge in [-0.3, -0.25) is 0 Å². The molecule has 0 aliphatic rings. The molecule has 0 bridgehead atoms. The molecular weight excluding hydrogens is 252 g/mol. The number of ether oxygens (including phenoxy) is 2. The van der Waals surface area contributed by atoms with Crippen LogP contribution >= 0.6 is 0 Å². The first-order chi connectivity index (χ1) is 8.31. The van der Waals surface area contributed by atoms with Gasteiger partial charge < -0.3 is 9.47 Å². The fraction of sp³-hybridized carbons (Fsp3) is 0.455. The number of aromatic nitrogens is 2. The van der Waals surface area contributed by atoms with E-state index in [1.54, 1.807) is 6.07 Å². The van der Waals surface area contributed by atoms with Crippen molar-refractivity contribution in [3.63, 3.8) is 0 Å². The van der Waals surface area contributed by atoms with Crippen LogP contribution in [0.2, 0.25) is 19.6 Å². The van der Waals surface area contributed by atoms with Crippen LogP contribution in [0.1, 0.15) is 21.0 Å². The van der Waals surface area contributed by atoms with Gasteiger partial charge in [-0.15, -0.1) is 10.2 Å². The third kappa shape index (κ3) is 2.92. The minimum absolute atomic E-state index is 0.0996. The van der Waals surface area contributed by atoms with Crippen LogP contribution in [0.25, 0.3) is 0 Å². The zero-order valence-electron chi connectivity index (χ0n) is 11.1. The molecule has 1 heterocycles. The molecule has 0 N–H and O–H groups in total. The molecule has 0 unspecified atom stereocenters. The Morgan fingerprint density at radius 3 is 2.06 bits per heavy atom. The van der Waals surface area contributed by atoms with Gasteiger partial charge in [0.15, 0.2) is 11.4 Å². The summed E-state index contributed by atoms with van der Waals surface area (Å²) in [4.78, 5) is 23.0. The quantitative estimate of drug-likeness (QED) is 0.590. The highest BCUT2D eigenvalue weighted by Crippen LogP contribution is 2.08. The SMILES string of the molecule is COC(=O)c1cc([Si](C)(C)C)c(C(=O)OC)nn1. The number of carbonyl (C=O) groups is 2. The molecule has 1 aromatic heterocycles. The summed E-state index contributed by atoms with van der Waals surface area (Å²) in [5, 5.41) is 8.21. The van der Waals surface area contributed by atoms with E-state index in [-0.39, 0.29) is 11.4 Å². The van der Waals surface area contributed by atoms with Gasteiger partial charge in [-0.05, 0) is 11.3 Å². The van der Waals surface area contributed by atoms with Gasteiger partial charge in [-0.1, -0.05) is 19.6 Å². The summed E-state index contributed by atoms with van der Waals surface area (Å²) >= 11 is 0. The van der Waals surface area contributed by atoms with Crippen molar-refractivity contribution in [1.29, 1.82) is 0 Å². The van der Waals surface area contributed by atoms with Gasteiger partial charge in [-0.25, -0.2) is 9.59 Å². The molecule has 0 radical (unpaired) electrons. The van der Waals surface area contributed by atoms with Crippen molar-refractivity contribution in [1.82, 2.24) is 10.2 Å². The number of rotatable bonds is 3. The lowest BCUT2D eigenvalue weighted by Gasteiger charge is -2.18. The largest absolute Gasteiger partial charge is 0.464 e. The Balaban J connectivity index is 3.39. The second-order valence-corrected chi connectivity index (χ2v) is 9.76. The topological polar surface area (TPSA) is 78.4 Å². The van der Waals surface area contributed by atoms with Crippen LogP contribution in [0, 0.1) is 0 Å². The summed E-state index contributed by atoms with van der Waals surface area (Å²) in [6.45, 7) is 6.12. The summed E-state index contributed by atoms with van der Waals surface area (Å²) in [6.07, 6.45) is 0. The van der Waals surface area contributed by atoms with E-state index in [9.17, 15) is 9.59 Å². The second kappa shape index (κ2) is 5.26. The summed E-state index contributed by atoms with van der Waals surface area (Å²) < 4.78 is 9.25. The Kier molecular flexibility index (Phi) is 4.18. The number of esters is 2. The minimum atomic E-state index is -1.86. The monoisotopic (exact) mass is 268 g/mol. The van der Waals surface area contributed by atoms with Crippen molar-refractivity contribution < 1.29 is 19.1 Å². The Labute approximate surface area is 106 Å². The number of methoxy groups -OCH3 is 2. The molecule has 0 saturated carbocycles. The first kappa shape index (κ1) is 14.3. The minimum Gasteiger partial charge on any atom is -0.464 e. The summed E-state index contributed by atoms with van der Waals surface area (Å²) in [6, 6.07) is 1.57. The highest BCUT2D eigenvalue weighted by atomic mass is 28.3. The van der Waals surface area contributed by atoms with E-state index in [0.717, 1.165) is 5.19 Å². The Morgan fingerprint density at radius 2 is 1.61 bits per heavy atom. The van der Waals surface area contributed by atoms with E-state index in [1.807, 2.05) is 19.6 Å². The number of carbonyl (C=O) groups excluding carboxylic acids is 2. The molecule has 1 aromatic rings. The van der Waals surface area contributed by atoms with Crippen LogP contribution < -0.4 is 5.19 Å². The zero-order valence-corrected chi connectivity index (χ0v) is 12.1. The molecule has 6 nitrogen and oxygen atoms in total. The molecule has 0 atom stereocenters. The smallest absolute Gasteiger partial charge is 0.358 e. The zero-order chi connectivity index (χ0) is 13.9. The fourth-order valence-electron chi connectivity index (χ4n) is 1.42. The maximum absolute atomic E-state index is 11.6. The predicted octanol–water partition coefficient (Wildman–Crippen LogP) is 0.595. The standard InChI is InChI=1S/C11H16N2O4Si/c1-16-10(14)7-6-8(18(3,4)5)9(13-12-7)11(15)17-2/h6H,1-5H3. The van der Waals surface area contributed by atoms with Crippen LogP contribution in [0.15, 0.2) is 6.07 Å². The highest BCUT2D eigenvalue weighted by Gasteiger charge is 2.27. The van der Waals surface area contributed by atoms with Crippen molar-refractivity contribution in [2.75, 3.05) is 14.2 Å². The van der Waals surface area contributed by atoms with Crippen molar-refractivity contribution >= 4 is 25.2 Å². The van der Waals surface area contributed by atoms with Gasteiger partial charge in [-0.2, -0.15) is 0 Å². The lowest BCUT2D eigenvalue weighted by molar-refractivity contribution is 0.0575. The summed E-state index contributed by atoms with van der Waals surface area (Å²) in [5.41, 5.74) is 0.270. The molecule has 98 valence electrons. The van der Waals surface area contributed by atoms with E-state index < -0.39 is 20.0 Å². The van der Waals surface area contributed by atoms with Crippen LogP contribution in [0.5, 0.6) is 0 Å². The Morgan fingerprint density at radius 1 is 1.06 bits per heavy atom. The predicted molar refractivity (Wildman–Crippen MR) is 67.7 cm³/mol.